The molecule has 0 saturated heterocycles. The average Bonchev–Trinajstić information content (AvgIpc) is 2.45. The number of aromatic nitrogens is 1. The molecule has 0 N–H and O–H groups in total. The van der Waals surface area contributed by atoms with Crippen LogP contribution in [0.2, 0.25) is 0 Å². The van der Waals surface area contributed by atoms with Crippen LogP contribution in [0.1, 0.15) is 36.4 Å². The largest absolute Gasteiger partial charge is 0.247 e. The van der Waals surface area contributed by atoms with Gasteiger partial charge in [0.15, 0.2) is 0 Å². The van der Waals surface area contributed by atoms with Gasteiger partial charge < -0.3 is 0 Å². The summed E-state index contributed by atoms with van der Waals surface area (Å²) in [4.78, 5) is 4.41. The van der Waals surface area contributed by atoms with Crippen LogP contribution >= 0.6 is 11.3 Å². The highest BCUT2D eigenvalue weighted by Crippen LogP contribution is 2.11. The molecule has 1 nitrogen and oxygen atoms in total. The average molecular weight is 182 g/mol. The van der Waals surface area contributed by atoms with Gasteiger partial charge in [0.2, 0.25) is 0 Å². The number of rotatable bonds is 5. The number of unbranched alkanes of at least 4 members (excludes halogenated alkanes) is 3. The fourth-order valence-electron chi connectivity index (χ4n) is 1.18. The summed E-state index contributed by atoms with van der Waals surface area (Å²) >= 11 is 1.74. The zero-order valence-electron chi connectivity index (χ0n) is 7.68. The first-order valence-electron chi connectivity index (χ1n) is 4.53. The van der Waals surface area contributed by atoms with E-state index in [-0.39, 0.29) is 0 Å². The van der Waals surface area contributed by atoms with Crippen molar-refractivity contribution in [1.29, 1.82) is 0 Å². The van der Waals surface area contributed by atoms with Crippen molar-refractivity contribution >= 4 is 11.3 Å². The van der Waals surface area contributed by atoms with Crippen LogP contribution in [0.25, 0.3) is 0 Å². The molecule has 67 valence electrons. The zero-order valence-corrected chi connectivity index (χ0v) is 8.49. The highest BCUT2D eigenvalue weighted by molar-refractivity contribution is 7.09. The third-order valence-corrected chi connectivity index (χ3v) is 2.67. The second kappa shape index (κ2) is 5.31. The van der Waals surface area contributed by atoms with E-state index in [2.05, 4.69) is 24.2 Å². The van der Waals surface area contributed by atoms with Crippen LogP contribution in [0.4, 0.5) is 0 Å². The van der Waals surface area contributed by atoms with Crippen LogP contribution in [0.3, 0.4) is 0 Å². The molecular weight excluding hydrogens is 166 g/mol. The Morgan fingerprint density at radius 1 is 1.42 bits per heavy atom. The smallest absolute Gasteiger partial charge is 0.0897 e. The molecule has 0 aromatic carbocycles. The molecular formula is C10H16NS. The lowest BCUT2D eigenvalue weighted by Crippen LogP contribution is -1.85. The van der Waals surface area contributed by atoms with Gasteiger partial charge in [0, 0.05) is 5.38 Å². The molecule has 0 aliphatic heterocycles. The molecule has 0 amide bonds. The van der Waals surface area contributed by atoms with Crippen molar-refractivity contribution in [3.05, 3.63) is 23.0 Å². The van der Waals surface area contributed by atoms with Gasteiger partial charge in [-0.3, -0.25) is 0 Å². The topological polar surface area (TPSA) is 12.9 Å². The van der Waals surface area contributed by atoms with Crippen LogP contribution < -0.4 is 0 Å². The minimum atomic E-state index is 1.07. The van der Waals surface area contributed by atoms with E-state index in [1.807, 2.05) is 0 Å². The minimum absolute atomic E-state index is 1.07. The van der Waals surface area contributed by atoms with Gasteiger partial charge in [0.05, 0.1) is 10.7 Å². The van der Waals surface area contributed by atoms with Crippen molar-refractivity contribution in [2.24, 2.45) is 0 Å². The van der Waals surface area contributed by atoms with Crippen molar-refractivity contribution in [1.82, 2.24) is 4.98 Å². The molecule has 0 spiro atoms. The van der Waals surface area contributed by atoms with Gasteiger partial charge in [-0.1, -0.05) is 26.2 Å². The first kappa shape index (κ1) is 9.72. The monoisotopic (exact) mass is 182 g/mol. The van der Waals surface area contributed by atoms with Crippen molar-refractivity contribution in [2.75, 3.05) is 0 Å². The maximum absolute atomic E-state index is 4.41. The van der Waals surface area contributed by atoms with E-state index in [0.717, 1.165) is 12.8 Å². The lowest BCUT2D eigenvalue weighted by atomic mass is 10.1. The Morgan fingerprint density at radius 2 is 2.25 bits per heavy atom. The van der Waals surface area contributed by atoms with Gasteiger partial charge in [0.1, 0.15) is 0 Å². The molecule has 12 heavy (non-hydrogen) atoms. The molecule has 0 atom stereocenters. The van der Waals surface area contributed by atoms with Gasteiger partial charge in [0.25, 0.3) is 0 Å². The predicted octanol–water partition coefficient (Wildman–Crippen LogP) is 3.39. The van der Waals surface area contributed by atoms with E-state index < -0.39 is 0 Å². The number of hydrogen-bond donors (Lipinski definition) is 0. The van der Waals surface area contributed by atoms with Gasteiger partial charge in [-0.2, -0.15) is 0 Å². The minimum Gasteiger partial charge on any atom is -0.247 e. The number of hydrogen-bond acceptors (Lipinski definition) is 2. The number of nitrogens with zero attached hydrogens (tertiary/aromatic N) is 1. The third kappa shape index (κ3) is 3.35. The van der Waals surface area contributed by atoms with E-state index in [9.17, 15) is 0 Å². The third-order valence-electron chi connectivity index (χ3n) is 1.85. The van der Waals surface area contributed by atoms with Crippen molar-refractivity contribution in [3.8, 4) is 0 Å². The van der Waals surface area contributed by atoms with Crippen LogP contribution in [-0.4, -0.2) is 4.98 Å². The van der Waals surface area contributed by atoms with Crippen molar-refractivity contribution in [2.45, 2.75) is 39.0 Å². The molecule has 1 rings (SSSR count). The summed E-state index contributed by atoms with van der Waals surface area (Å²) in [5.74, 6) is 0. The fraction of sp³-hybridized carbons (Fsp3) is 0.600. The number of aryl methyl sites for hydroxylation is 2. The normalized spacial score (nSPS) is 10.5. The first-order chi connectivity index (χ1) is 5.83. The summed E-state index contributed by atoms with van der Waals surface area (Å²) in [7, 11) is 0. The molecule has 0 bridgehead atoms. The van der Waals surface area contributed by atoms with E-state index in [1.54, 1.807) is 11.3 Å². The highest BCUT2D eigenvalue weighted by Gasteiger charge is 1.96. The van der Waals surface area contributed by atoms with Crippen molar-refractivity contribution < 1.29 is 0 Å². The van der Waals surface area contributed by atoms with Gasteiger partial charge in [-0.25, -0.2) is 4.98 Å². The fourth-order valence-corrected chi connectivity index (χ4v) is 1.83. The Balaban J connectivity index is 2.15. The van der Waals surface area contributed by atoms with Gasteiger partial charge in [-0.15, -0.1) is 11.3 Å². The summed E-state index contributed by atoms with van der Waals surface area (Å²) in [6.07, 6.45) is 6.02. The molecule has 0 saturated carbocycles. The summed E-state index contributed by atoms with van der Waals surface area (Å²) in [5, 5.41) is 3.35. The van der Waals surface area contributed by atoms with E-state index in [0.29, 0.717) is 0 Å². The molecule has 2 heteroatoms. The molecule has 1 heterocycles. The summed E-state index contributed by atoms with van der Waals surface area (Å²) in [6.45, 7) is 5.88. The molecule has 1 aromatic rings. The number of thiazole rings is 1. The van der Waals surface area contributed by atoms with Gasteiger partial charge in [-0.05, 0) is 19.8 Å². The van der Waals surface area contributed by atoms with E-state index in [4.69, 9.17) is 0 Å². The quantitative estimate of drug-likeness (QED) is 0.636. The Morgan fingerprint density at radius 3 is 2.83 bits per heavy atom. The molecule has 0 unspecified atom stereocenters. The first-order valence-corrected chi connectivity index (χ1v) is 5.41. The summed E-state index contributed by atoms with van der Waals surface area (Å²) in [6, 6.07) is 0. The SMILES string of the molecule is [CH2]CCCCCc1csc(C)n1. The zero-order chi connectivity index (χ0) is 8.81. The van der Waals surface area contributed by atoms with Crippen LogP contribution in [0, 0.1) is 13.8 Å². The lowest BCUT2D eigenvalue weighted by Gasteiger charge is -1.95. The lowest BCUT2D eigenvalue weighted by molar-refractivity contribution is 0.679. The van der Waals surface area contributed by atoms with Crippen LogP contribution in [0.15, 0.2) is 5.38 Å². The highest BCUT2D eigenvalue weighted by atomic mass is 32.1. The Labute approximate surface area is 78.8 Å². The molecule has 0 fully saturated rings. The maximum atomic E-state index is 4.41. The standard InChI is InChI=1S/C10H16NS/c1-3-4-5-6-7-10-8-12-9(2)11-10/h8H,1,3-7H2,2H3. The summed E-state index contributed by atoms with van der Waals surface area (Å²) in [5.41, 5.74) is 1.27. The Bertz CT molecular complexity index is 217. The maximum Gasteiger partial charge on any atom is 0.0897 e. The van der Waals surface area contributed by atoms with E-state index >= 15 is 0 Å². The second-order valence-electron chi connectivity index (χ2n) is 3.02. The molecule has 0 aliphatic carbocycles. The summed E-state index contributed by atoms with van der Waals surface area (Å²) < 4.78 is 0. The molecule has 0 aliphatic rings. The van der Waals surface area contributed by atoms with Crippen LogP contribution in [-0.2, 0) is 6.42 Å². The predicted molar refractivity (Wildman–Crippen MR) is 54.4 cm³/mol. The molecule has 1 radical (unpaired) electrons. The Hall–Kier alpha value is -0.370. The van der Waals surface area contributed by atoms with Crippen LogP contribution in [0.5, 0.6) is 0 Å². The van der Waals surface area contributed by atoms with Gasteiger partial charge >= 0.3 is 0 Å². The van der Waals surface area contributed by atoms with E-state index in [1.165, 1.54) is 30.0 Å². The molecule has 1 aromatic heterocycles. The Kier molecular flexibility index (Phi) is 4.30. The van der Waals surface area contributed by atoms with Crippen molar-refractivity contribution in [3.63, 3.8) is 0 Å². The second-order valence-corrected chi connectivity index (χ2v) is 4.08.